The number of amides is 1. The molecule has 3 rings (SSSR count). The Morgan fingerprint density at radius 2 is 2.04 bits per heavy atom. The summed E-state index contributed by atoms with van der Waals surface area (Å²) in [4.78, 5) is 18.7. The topological polar surface area (TPSA) is 42.4 Å². The van der Waals surface area contributed by atoms with Crippen molar-refractivity contribution >= 4 is 28.4 Å². The van der Waals surface area contributed by atoms with Crippen LogP contribution in [0.4, 0.5) is 0 Å². The van der Waals surface area contributed by atoms with Gasteiger partial charge in [-0.1, -0.05) is 29.8 Å². The predicted molar refractivity (Wildman–Crippen MR) is 100 cm³/mol. The van der Waals surface area contributed by atoms with E-state index in [1.165, 1.54) is 0 Å². The van der Waals surface area contributed by atoms with Crippen LogP contribution in [0, 0.1) is 6.92 Å². The summed E-state index contributed by atoms with van der Waals surface area (Å²) in [5, 5.41) is 1.37. The van der Waals surface area contributed by atoms with E-state index < -0.39 is 0 Å². The SMILES string of the molecule is Cc1cccc(OCCN(C)C(=O)c2cc(Cl)cc3cccnc23)c1. The Balaban J connectivity index is 1.70. The zero-order valence-electron chi connectivity index (χ0n) is 14.2. The number of likely N-dealkylation sites (N-methyl/N-ethyl adjacent to an activating group) is 1. The Hall–Kier alpha value is -2.59. The van der Waals surface area contributed by atoms with E-state index in [0.717, 1.165) is 16.7 Å². The normalized spacial score (nSPS) is 10.7. The van der Waals surface area contributed by atoms with Gasteiger partial charge in [-0.25, -0.2) is 0 Å². The van der Waals surface area contributed by atoms with E-state index >= 15 is 0 Å². The number of hydrogen-bond donors (Lipinski definition) is 0. The van der Waals surface area contributed by atoms with Gasteiger partial charge in [-0.3, -0.25) is 9.78 Å². The van der Waals surface area contributed by atoms with Crippen LogP contribution in [-0.2, 0) is 0 Å². The fraction of sp³-hybridized carbons (Fsp3) is 0.200. The second kappa shape index (κ2) is 7.53. The predicted octanol–water partition coefficient (Wildman–Crippen LogP) is 4.35. The lowest BCUT2D eigenvalue weighted by atomic mass is 10.1. The molecule has 0 aliphatic heterocycles. The number of halogens is 1. The van der Waals surface area contributed by atoms with Gasteiger partial charge in [0.1, 0.15) is 12.4 Å². The van der Waals surface area contributed by atoms with E-state index in [2.05, 4.69) is 4.98 Å². The number of aromatic nitrogens is 1. The molecule has 5 heteroatoms. The Bertz CT molecular complexity index is 911. The van der Waals surface area contributed by atoms with Gasteiger partial charge < -0.3 is 9.64 Å². The van der Waals surface area contributed by atoms with Gasteiger partial charge in [0, 0.05) is 23.7 Å². The Kier molecular flexibility index (Phi) is 5.19. The minimum atomic E-state index is -0.126. The number of carbonyl (C=O) groups excluding carboxylic acids is 1. The van der Waals surface area contributed by atoms with E-state index in [0.29, 0.717) is 29.3 Å². The highest BCUT2D eigenvalue weighted by atomic mass is 35.5. The second-order valence-electron chi connectivity index (χ2n) is 5.92. The van der Waals surface area contributed by atoms with Gasteiger partial charge in [0.05, 0.1) is 17.6 Å². The molecule has 1 heterocycles. The van der Waals surface area contributed by atoms with Crippen LogP contribution in [0.25, 0.3) is 10.9 Å². The average molecular weight is 355 g/mol. The fourth-order valence-electron chi connectivity index (χ4n) is 2.63. The molecule has 0 fully saturated rings. The summed E-state index contributed by atoms with van der Waals surface area (Å²) in [5.74, 6) is 0.676. The summed E-state index contributed by atoms with van der Waals surface area (Å²) in [6.07, 6.45) is 1.67. The zero-order valence-corrected chi connectivity index (χ0v) is 15.0. The van der Waals surface area contributed by atoms with Gasteiger partial charge in [0.15, 0.2) is 0 Å². The van der Waals surface area contributed by atoms with Crippen molar-refractivity contribution < 1.29 is 9.53 Å². The van der Waals surface area contributed by atoms with Crippen LogP contribution in [0.5, 0.6) is 5.75 Å². The maximum absolute atomic E-state index is 12.8. The highest BCUT2D eigenvalue weighted by molar-refractivity contribution is 6.32. The van der Waals surface area contributed by atoms with Crippen molar-refractivity contribution in [1.82, 2.24) is 9.88 Å². The molecule has 0 bridgehead atoms. The summed E-state index contributed by atoms with van der Waals surface area (Å²) >= 11 is 6.15. The van der Waals surface area contributed by atoms with Crippen LogP contribution < -0.4 is 4.74 Å². The molecule has 0 spiro atoms. The first-order chi connectivity index (χ1) is 12.0. The van der Waals surface area contributed by atoms with Crippen molar-refractivity contribution in [3.63, 3.8) is 0 Å². The number of pyridine rings is 1. The standard InChI is InChI=1S/C20H19ClN2O2/c1-14-5-3-7-17(11-14)25-10-9-23(2)20(24)18-13-16(21)12-15-6-4-8-22-19(15)18/h3-8,11-13H,9-10H2,1-2H3. The molecule has 1 amide bonds. The first kappa shape index (κ1) is 17.2. The molecule has 0 saturated carbocycles. The van der Waals surface area contributed by atoms with Gasteiger partial charge in [0.25, 0.3) is 5.91 Å². The molecular weight excluding hydrogens is 336 g/mol. The van der Waals surface area contributed by atoms with Crippen molar-refractivity contribution in [1.29, 1.82) is 0 Å². The number of rotatable bonds is 5. The smallest absolute Gasteiger partial charge is 0.255 e. The molecule has 0 N–H and O–H groups in total. The first-order valence-electron chi connectivity index (χ1n) is 8.04. The number of benzene rings is 2. The average Bonchev–Trinajstić information content (AvgIpc) is 2.60. The molecule has 1 aromatic heterocycles. The van der Waals surface area contributed by atoms with Gasteiger partial charge in [0.2, 0.25) is 0 Å². The maximum atomic E-state index is 12.8. The number of fused-ring (bicyclic) bond motifs is 1. The number of carbonyl (C=O) groups is 1. The summed E-state index contributed by atoms with van der Waals surface area (Å²) in [7, 11) is 1.75. The van der Waals surface area contributed by atoms with Crippen molar-refractivity contribution in [3.05, 3.63) is 70.9 Å². The van der Waals surface area contributed by atoms with Gasteiger partial charge in [-0.2, -0.15) is 0 Å². The lowest BCUT2D eigenvalue weighted by Crippen LogP contribution is -2.31. The monoisotopic (exact) mass is 354 g/mol. The lowest BCUT2D eigenvalue weighted by molar-refractivity contribution is 0.0775. The van der Waals surface area contributed by atoms with Crippen molar-refractivity contribution in [3.8, 4) is 5.75 Å². The number of ether oxygens (including phenoxy) is 1. The summed E-state index contributed by atoms with van der Waals surface area (Å²) in [6.45, 7) is 2.89. The van der Waals surface area contributed by atoms with Crippen molar-refractivity contribution in [2.45, 2.75) is 6.92 Å². The van der Waals surface area contributed by atoms with Crippen LogP contribution in [0.15, 0.2) is 54.7 Å². The minimum Gasteiger partial charge on any atom is -0.492 e. The van der Waals surface area contributed by atoms with Gasteiger partial charge >= 0.3 is 0 Å². The fourth-order valence-corrected chi connectivity index (χ4v) is 2.86. The van der Waals surface area contributed by atoms with Crippen LogP contribution >= 0.6 is 11.6 Å². The summed E-state index contributed by atoms with van der Waals surface area (Å²) in [5.41, 5.74) is 2.29. The molecule has 3 aromatic rings. The zero-order chi connectivity index (χ0) is 17.8. The molecular formula is C20H19ClN2O2. The Morgan fingerprint density at radius 1 is 1.20 bits per heavy atom. The number of aryl methyl sites for hydroxylation is 1. The molecule has 2 aromatic carbocycles. The molecule has 4 nitrogen and oxygen atoms in total. The van der Waals surface area contributed by atoms with E-state index in [4.69, 9.17) is 16.3 Å². The van der Waals surface area contributed by atoms with Crippen molar-refractivity contribution in [2.75, 3.05) is 20.2 Å². The van der Waals surface area contributed by atoms with Gasteiger partial charge in [-0.15, -0.1) is 0 Å². The van der Waals surface area contributed by atoms with Crippen LogP contribution in [0.2, 0.25) is 5.02 Å². The third kappa shape index (κ3) is 4.09. The Morgan fingerprint density at radius 3 is 2.84 bits per heavy atom. The Labute approximate surface area is 152 Å². The maximum Gasteiger partial charge on any atom is 0.255 e. The molecule has 0 atom stereocenters. The number of hydrogen-bond acceptors (Lipinski definition) is 3. The molecule has 0 saturated heterocycles. The largest absolute Gasteiger partial charge is 0.492 e. The molecule has 0 unspecified atom stereocenters. The minimum absolute atomic E-state index is 0.126. The van der Waals surface area contributed by atoms with E-state index in [9.17, 15) is 4.79 Å². The highest BCUT2D eigenvalue weighted by Gasteiger charge is 2.16. The lowest BCUT2D eigenvalue weighted by Gasteiger charge is -2.18. The number of nitrogens with zero attached hydrogens (tertiary/aromatic N) is 2. The summed E-state index contributed by atoms with van der Waals surface area (Å²) in [6, 6.07) is 15.0. The highest BCUT2D eigenvalue weighted by Crippen LogP contribution is 2.23. The first-order valence-corrected chi connectivity index (χ1v) is 8.41. The van der Waals surface area contributed by atoms with Crippen LogP contribution in [0.1, 0.15) is 15.9 Å². The van der Waals surface area contributed by atoms with Crippen LogP contribution in [-0.4, -0.2) is 36.0 Å². The third-order valence-corrected chi connectivity index (χ3v) is 4.15. The van der Waals surface area contributed by atoms with Crippen LogP contribution in [0.3, 0.4) is 0 Å². The molecule has 128 valence electrons. The molecule has 0 aliphatic carbocycles. The van der Waals surface area contributed by atoms with E-state index in [1.54, 1.807) is 24.2 Å². The van der Waals surface area contributed by atoms with E-state index in [1.807, 2.05) is 49.4 Å². The summed E-state index contributed by atoms with van der Waals surface area (Å²) < 4.78 is 5.72. The van der Waals surface area contributed by atoms with Crippen molar-refractivity contribution in [2.24, 2.45) is 0 Å². The molecule has 25 heavy (non-hydrogen) atoms. The molecule has 0 aliphatic rings. The second-order valence-corrected chi connectivity index (χ2v) is 6.36. The van der Waals surface area contributed by atoms with E-state index in [-0.39, 0.29) is 5.91 Å². The molecule has 0 radical (unpaired) electrons. The third-order valence-electron chi connectivity index (χ3n) is 3.93. The van der Waals surface area contributed by atoms with Gasteiger partial charge in [-0.05, 0) is 42.8 Å². The quantitative estimate of drug-likeness (QED) is 0.684.